The predicted octanol–water partition coefficient (Wildman–Crippen LogP) is 10.1. The first-order chi connectivity index (χ1) is 20.5. The molecule has 0 saturated heterocycles. The van der Waals surface area contributed by atoms with E-state index >= 15 is 0 Å². The highest BCUT2D eigenvalue weighted by Crippen LogP contribution is 2.67. The first-order valence-corrected chi connectivity index (χ1v) is 17.3. The van der Waals surface area contributed by atoms with Crippen LogP contribution in [0.15, 0.2) is 29.9 Å². The molecular weight excluding hydrogens is 532 g/mol. The van der Waals surface area contributed by atoms with E-state index in [-0.39, 0.29) is 6.10 Å². The van der Waals surface area contributed by atoms with E-state index in [0.29, 0.717) is 28.1 Å². The molecule has 4 aliphatic rings. The van der Waals surface area contributed by atoms with Crippen molar-refractivity contribution in [1.82, 2.24) is 0 Å². The number of allylic oxidation sites excluding steroid dienone is 2. The van der Waals surface area contributed by atoms with Crippen molar-refractivity contribution in [2.45, 2.75) is 118 Å². The molecule has 4 nitrogen and oxygen atoms in total. The third-order valence-electron chi connectivity index (χ3n) is 12.4. The van der Waals surface area contributed by atoms with Gasteiger partial charge in [0.25, 0.3) is 0 Å². The molecule has 3 fully saturated rings. The van der Waals surface area contributed by atoms with E-state index in [0.717, 1.165) is 53.9 Å². The molecule has 0 bridgehead atoms. The van der Waals surface area contributed by atoms with Gasteiger partial charge in [0.05, 0.1) is 27.4 Å². The van der Waals surface area contributed by atoms with Crippen LogP contribution in [-0.4, -0.2) is 32.5 Å². The predicted molar refractivity (Wildman–Crippen MR) is 180 cm³/mol. The summed E-state index contributed by atoms with van der Waals surface area (Å²) >= 11 is 0. The van der Waals surface area contributed by atoms with Crippen LogP contribution >= 0.6 is 0 Å². The lowest BCUT2D eigenvalue weighted by Crippen LogP contribution is -2.50. The van der Waals surface area contributed by atoms with Crippen molar-refractivity contribution >= 4 is 6.08 Å². The number of fused-ring (bicyclic) bond motifs is 5. The number of methoxy groups -OCH3 is 3. The fourth-order valence-electron chi connectivity index (χ4n) is 10.1. The Bertz CT molecular complexity index is 1120. The summed E-state index contributed by atoms with van der Waals surface area (Å²) in [6, 6.07) is 3.79. The Morgan fingerprint density at radius 1 is 0.907 bits per heavy atom. The van der Waals surface area contributed by atoms with Crippen LogP contribution in [0.5, 0.6) is 17.2 Å². The number of hydrogen-bond acceptors (Lipinski definition) is 4. The van der Waals surface area contributed by atoms with Crippen LogP contribution in [0.1, 0.15) is 118 Å². The lowest BCUT2D eigenvalue weighted by Gasteiger charge is -2.58. The van der Waals surface area contributed by atoms with Gasteiger partial charge in [-0.15, -0.1) is 0 Å². The lowest BCUT2D eigenvalue weighted by atomic mass is 9.47. The third-order valence-corrected chi connectivity index (χ3v) is 12.4. The normalized spacial score (nSPS) is 33.9. The van der Waals surface area contributed by atoms with E-state index in [4.69, 9.17) is 14.2 Å². The summed E-state index contributed by atoms with van der Waals surface area (Å²) in [5.41, 5.74) is 3.57. The first-order valence-electron chi connectivity index (χ1n) is 17.3. The van der Waals surface area contributed by atoms with Crippen LogP contribution in [0, 0.1) is 46.3 Å². The van der Waals surface area contributed by atoms with E-state index in [9.17, 15) is 5.11 Å². The molecule has 0 unspecified atom stereocenters. The molecule has 0 aromatic heterocycles. The van der Waals surface area contributed by atoms with Gasteiger partial charge in [-0.25, -0.2) is 0 Å². The van der Waals surface area contributed by atoms with E-state index in [1.54, 1.807) is 26.9 Å². The molecule has 3 saturated carbocycles. The van der Waals surface area contributed by atoms with Crippen molar-refractivity contribution in [1.29, 1.82) is 0 Å². The summed E-state index contributed by atoms with van der Waals surface area (Å²) in [6.07, 6.45) is 21.1. The van der Waals surface area contributed by atoms with Crippen molar-refractivity contribution in [2.75, 3.05) is 21.3 Å². The van der Waals surface area contributed by atoms with Gasteiger partial charge in [0.1, 0.15) is 0 Å². The molecule has 1 N–H and O–H groups in total. The average Bonchev–Trinajstić information content (AvgIpc) is 3.34. The van der Waals surface area contributed by atoms with Crippen molar-refractivity contribution < 1.29 is 19.3 Å². The van der Waals surface area contributed by atoms with Gasteiger partial charge in [-0.2, -0.15) is 0 Å². The second-order valence-electron chi connectivity index (χ2n) is 15.1. The number of aliphatic hydroxyl groups excluding tert-OH is 1. The highest BCUT2D eigenvalue weighted by Gasteiger charge is 2.59. The minimum absolute atomic E-state index is 0.0766. The number of aliphatic hydroxyl groups is 1. The van der Waals surface area contributed by atoms with Crippen molar-refractivity contribution in [3.63, 3.8) is 0 Å². The third kappa shape index (κ3) is 6.85. The summed E-state index contributed by atoms with van der Waals surface area (Å²) in [4.78, 5) is 0. The second-order valence-corrected chi connectivity index (χ2v) is 15.1. The molecule has 0 spiro atoms. The fraction of sp³-hybridized carbons (Fsp3) is 0.744. The van der Waals surface area contributed by atoms with Crippen LogP contribution in [0.4, 0.5) is 0 Å². The fourth-order valence-corrected chi connectivity index (χ4v) is 10.1. The van der Waals surface area contributed by atoms with Gasteiger partial charge in [0.15, 0.2) is 11.5 Å². The van der Waals surface area contributed by atoms with Crippen molar-refractivity contribution in [3.05, 3.63) is 35.4 Å². The highest BCUT2D eigenvalue weighted by atomic mass is 16.5. The molecule has 0 aliphatic heterocycles. The molecule has 0 heterocycles. The molecular formula is C39H62O4. The van der Waals surface area contributed by atoms with E-state index in [1.165, 1.54) is 57.8 Å². The van der Waals surface area contributed by atoms with Gasteiger partial charge >= 0.3 is 0 Å². The standard InChI is InChI=1S/C27H46O.C12H16O3/c1-18(2)7-6-8-19(3)23-11-12-24-22-10-9-20-17-21(28)13-15-26(20,4)25(22)14-16-27(23,24)5;1-5-6-9-7-8-10(13-2)12(15-4)11(9)14-3/h9,18-19,21-25,28H,6-8,10-17H2,1-5H3;5-8H,1-4H3/b;6-5+/t19-,21+,22+,23-,24+,25+,26+,27-;/m1./s1. The maximum absolute atomic E-state index is 10.2. The van der Waals surface area contributed by atoms with Crippen LogP contribution in [0.3, 0.4) is 0 Å². The minimum atomic E-state index is -0.0766. The summed E-state index contributed by atoms with van der Waals surface area (Å²) in [5, 5.41) is 10.2. The minimum Gasteiger partial charge on any atom is -0.493 e. The Morgan fingerprint density at radius 3 is 2.30 bits per heavy atom. The molecule has 5 rings (SSSR count). The first kappa shape index (κ1) is 33.9. The Hall–Kier alpha value is -1.94. The maximum Gasteiger partial charge on any atom is 0.203 e. The molecule has 0 radical (unpaired) electrons. The molecule has 4 aliphatic carbocycles. The van der Waals surface area contributed by atoms with Crippen LogP contribution in [0.25, 0.3) is 6.08 Å². The number of ether oxygens (including phenoxy) is 3. The van der Waals surface area contributed by atoms with E-state index in [1.807, 2.05) is 31.2 Å². The van der Waals surface area contributed by atoms with Gasteiger partial charge < -0.3 is 19.3 Å². The molecule has 4 heteroatoms. The quantitative estimate of drug-likeness (QED) is 0.289. The zero-order valence-electron chi connectivity index (χ0n) is 28.9. The lowest BCUT2D eigenvalue weighted by molar-refractivity contribution is -0.0573. The summed E-state index contributed by atoms with van der Waals surface area (Å²) in [6.45, 7) is 14.5. The number of rotatable bonds is 9. The Balaban J connectivity index is 0.000000239. The zero-order valence-corrected chi connectivity index (χ0v) is 28.9. The zero-order chi connectivity index (χ0) is 31.4. The molecule has 1 aromatic carbocycles. The molecule has 43 heavy (non-hydrogen) atoms. The summed E-state index contributed by atoms with van der Waals surface area (Å²) < 4.78 is 15.8. The number of hydrogen-bond donors (Lipinski definition) is 1. The van der Waals surface area contributed by atoms with Crippen molar-refractivity contribution in [3.8, 4) is 17.2 Å². The van der Waals surface area contributed by atoms with E-state index in [2.05, 4.69) is 40.7 Å². The molecule has 242 valence electrons. The largest absolute Gasteiger partial charge is 0.493 e. The summed E-state index contributed by atoms with van der Waals surface area (Å²) in [7, 11) is 4.82. The Labute approximate surface area is 263 Å². The molecule has 8 atom stereocenters. The maximum atomic E-state index is 10.2. The van der Waals surface area contributed by atoms with Gasteiger partial charge in [-0.3, -0.25) is 0 Å². The van der Waals surface area contributed by atoms with Crippen LogP contribution in [0.2, 0.25) is 0 Å². The average molecular weight is 595 g/mol. The Morgan fingerprint density at radius 2 is 1.65 bits per heavy atom. The smallest absolute Gasteiger partial charge is 0.203 e. The van der Waals surface area contributed by atoms with Crippen LogP contribution < -0.4 is 14.2 Å². The van der Waals surface area contributed by atoms with Gasteiger partial charge in [0, 0.05) is 5.56 Å². The number of benzene rings is 1. The highest BCUT2D eigenvalue weighted by molar-refractivity contribution is 5.66. The Kier molecular flexibility index (Phi) is 11.4. The topological polar surface area (TPSA) is 47.9 Å². The SMILES string of the molecule is C/C=C/c1ccc(OC)c(OC)c1OC.CC(C)CCC[C@@H](C)[C@H]1CC[C@H]2[C@@H]3CC=C4C[C@@H](O)CC[C@]4(C)[C@H]3CC[C@]12C. The van der Waals surface area contributed by atoms with Gasteiger partial charge in [0.2, 0.25) is 5.75 Å². The van der Waals surface area contributed by atoms with Crippen LogP contribution in [-0.2, 0) is 0 Å². The molecule has 1 aromatic rings. The van der Waals surface area contributed by atoms with Gasteiger partial charge in [-0.1, -0.05) is 77.7 Å². The van der Waals surface area contributed by atoms with Gasteiger partial charge in [-0.05, 0) is 117 Å². The molecule has 0 amide bonds. The second kappa shape index (κ2) is 14.4. The van der Waals surface area contributed by atoms with E-state index < -0.39 is 0 Å². The summed E-state index contributed by atoms with van der Waals surface area (Å²) in [5.74, 6) is 7.44. The van der Waals surface area contributed by atoms with Crippen molar-refractivity contribution in [2.24, 2.45) is 46.3 Å². The monoisotopic (exact) mass is 594 g/mol.